The van der Waals surface area contributed by atoms with Crippen LogP contribution >= 0.6 is 23.2 Å². The zero-order chi connectivity index (χ0) is 17.7. The van der Waals surface area contributed by atoms with Crippen molar-refractivity contribution in [1.29, 1.82) is 0 Å². The van der Waals surface area contributed by atoms with Gasteiger partial charge in [0.15, 0.2) is 0 Å². The molecule has 2 nitrogen and oxygen atoms in total. The van der Waals surface area contributed by atoms with Gasteiger partial charge in [-0.05, 0) is 41.5 Å². The van der Waals surface area contributed by atoms with E-state index in [0.29, 0.717) is 21.2 Å². The van der Waals surface area contributed by atoms with Crippen LogP contribution in [0, 0.1) is 0 Å². The summed E-state index contributed by atoms with van der Waals surface area (Å²) < 4.78 is 37.9. The van der Waals surface area contributed by atoms with Gasteiger partial charge in [0.25, 0.3) is 0 Å². The normalized spacial score (nSPS) is 11.7. The van der Waals surface area contributed by atoms with Crippen molar-refractivity contribution in [3.8, 4) is 0 Å². The number of hydrogen-bond acceptors (Lipinski definition) is 1. The highest BCUT2D eigenvalue weighted by Crippen LogP contribution is 2.29. The Kier molecular flexibility index (Phi) is 5.91. The molecular formula is C17H12Cl2F3NO. The Morgan fingerprint density at radius 3 is 2.54 bits per heavy atom. The smallest absolute Gasteiger partial charge is 0.348 e. The second-order valence-electron chi connectivity index (χ2n) is 4.92. The fourth-order valence-electron chi connectivity index (χ4n) is 1.91. The molecule has 0 saturated carbocycles. The molecule has 0 aliphatic carbocycles. The number of carbonyl (C=O) groups is 1. The molecule has 1 amide bonds. The van der Waals surface area contributed by atoms with E-state index in [2.05, 4.69) is 5.32 Å². The van der Waals surface area contributed by atoms with E-state index in [-0.39, 0.29) is 6.54 Å². The van der Waals surface area contributed by atoms with Crippen LogP contribution in [0.5, 0.6) is 0 Å². The fraction of sp³-hybridized carbons (Fsp3) is 0.118. The highest BCUT2D eigenvalue weighted by Gasteiger charge is 2.30. The summed E-state index contributed by atoms with van der Waals surface area (Å²) in [7, 11) is 0. The molecular weight excluding hydrogens is 362 g/mol. The minimum Gasteiger partial charge on any atom is -0.348 e. The molecule has 24 heavy (non-hydrogen) atoms. The van der Waals surface area contributed by atoms with E-state index in [0.717, 1.165) is 12.1 Å². The third-order valence-electron chi connectivity index (χ3n) is 3.10. The summed E-state index contributed by atoms with van der Waals surface area (Å²) in [4.78, 5) is 11.8. The van der Waals surface area contributed by atoms with Gasteiger partial charge in [-0.25, -0.2) is 0 Å². The van der Waals surface area contributed by atoms with Gasteiger partial charge in [0, 0.05) is 22.7 Å². The minimum atomic E-state index is -4.41. The van der Waals surface area contributed by atoms with Crippen LogP contribution in [0.3, 0.4) is 0 Å². The van der Waals surface area contributed by atoms with Crippen LogP contribution < -0.4 is 5.32 Å². The Morgan fingerprint density at radius 2 is 1.88 bits per heavy atom. The topological polar surface area (TPSA) is 29.1 Å². The molecule has 0 unspecified atom stereocenters. The third kappa shape index (κ3) is 5.28. The van der Waals surface area contributed by atoms with Gasteiger partial charge < -0.3 is 5.32 Å². The first-order valence-electron chi connectivity index (χ1n) is 6.83. The van der Waals surface area contributed by atoms with Crippen LogP contribution in [0.4, 0.5) is 13.2 Å². The van der Waals surface area contributed by atoms with Crippen LogP contribution in [0.2, 0.25) is 10.0 Å². The van der Waals surface area contributed by atoms with Crippen molar-refractivity contribution >= 4 is 35.2 Å². The summed E-state index contributed by atoms with van der Waals surface area (Å²) >= 11 is 11.7. The minimum absolute atomic E-state index is 0.0125. The van der Waals surface area contributed by atoms with Crippen LogP contribution in [-0.4, -0.2) is 5.91 Å². The summed E-state index contributed by atoms with van der Waals surface area (Å²) in [6.45, 7) is -0.0125. The van der Waals surface area contributed by atoms with E-state index in [1.165, 1.54) is 24.3 Å². The van der Waals surface area contributed by atoms with E-state index in [1.807, 2.05) is 0 Å². The van der Waals surface area contributed by atoms with Crippen molar-refractivity contribution in [3.05, 3.63) is 75.3 Å². The van der Waals surface area contributed by atoms with Gasteiger partial charge in [-0.3, -0.25) is 4.79 Å². The fourth-order valence-corrected chi connectivity index (χ4v) is 2.38. The lowest BCUT2D eigenvalue weighted by Crippen LogP contribution is -2.20. The Labute approximate surface area is 146 Å². The van der Waals surface area contributed by atoms with Gasteiger partial charge in [-0.2, -0.15) is 13.2 Å². The Bertz CT molecular complexity index is 773. The lowest BCUT2D eigenvalue weighted by atomic mass is 10.1. The van der Waals surface area contributed by atoms with Gasteiger partial charge in [0.05, 0.1) is 5.56 Å². The third-order valence-corrected chi connectivity index (χ3v) is 3.66. The van der Waals surface area contributed by atoms with Crippen molar-refractivity contribution < 1.29 is 18.0 Å². The zero-order valence-electron chi connectivity index (χ0n) is 12.2. The summed E-state index contributed by atoms with van der Waals surface area (Å²) in [6, 6.07) is 9.62. The average molecular weight is 374 g/mol. The van der Waals surface area contributed by atoms with Crippen molar-refractivity contribution in [1.82, 2.24) is 5.32 Å². The van der Waals surface area contributed by atoms with E-state index in [1.54, 1.807) is 18.2 Å². The second kappa shape index (κ2) is 7.73. The molecule has 1 N–H and O–H groups in total. The molecule has 0 spiro atoms. The van der Waals surface area contributed by atoms with Gasteiger partial charge in [-0.15, -0.1) is 0 Å². The predicted octanol–water partition coefficient (Wildman–Crippen LogP) is 5.34. The highest BCUT2D eigenvalue weighted by molar-refractivity contribution is 6.35. The van der Waals surface area contributed by atoms with Gasteiger partial charge in [0.1, 0.15) is 0 Å². The van der Waals surface area contributed by atoms with Crippen molar-refractivity contribution in [2.45, 2.75) is 12.7 Å². The predicted molar refractivity (Wildman–Crippen MR) is 88.8 cm³/mol. The van der Waals surface area contributed by atoms with Crippen LogP contribution in [0.15, 0.2) is 48.5 Å². The van der Waals surface area contributed by atoms with Crippen LogP contribution in [0.1, 0.15) is 16.7 Å². The molecule has 0 heterocycles. The van der Waals surface area contributed by atoms with E-state index in [4.69, 9.17) is 23.2 Å². The van der Waals surface area contributed by atoms with E-state index >= 15 is 0 Å². The summed E-state index contributed by atoms with van der Waals surface area (Å²) in [5.74, 6) is -0.446. The maximum Gasteiger partial charge on any atom is 0.416 e. The molecule has 0 aliphatic rings. The number of rotatable bonds is 4. The molecule has 0 fully saturated rings. The lowest BCUT2D eigenvalue weighted by Gasteiger charge is -2.09. The lowest BCUT2D eigenvalue weighted by molar-refractivity contribution is -0.137. The second-order valence-corrected chi connectivity index (χ2v) is 5.76. The number of carbonyl (C=O) groups excluding carboxylic acids is 1. The zero-order valence-corrected chi connectivity index (χ0v) is 13.7. The SMILES string of the molecule is O=C(/C=C/c1ccc(Cl)cc1Cl)NCc1cccc(C(F)(F)F)c1. The number of halogens is 5. The standard InChI is InChI=1S/C17H12Cl2F3NO/c18-14-6-4-12(15(19)9-14)5-7-16(24)23-10-11-2-1-3-13(8-11)17(20,21)22/h1-9H,10H2,(H,23,24)/b7-5+. The molecule has 0 atom stereocenters. The van der Waals surface area contributed by atoms with Gasteiger partial charge in [0.2, 0.25) is 5.91 Å². The van der Waals surface area contributed by atoms with Gasteiger partial charge >= 0.3 is 6.18 Å². The highest BCUT2D eigenvalue weighted by atomic mass is 35.5. The van der Waals surface area contributed by atoms with Crippen molar-refractivity contribution in [2.75, 3.05) is 0 Å². The number of nitrogens with one attached hydrogen (secondary N) is 1. The van der Waals surface area contributed by atoms with E-state index in [9.17, 15) is 18.0 Å². The van der Waals surface area contributed by atoms with Crippen LogP contribution in [0.25, 0.3) is 6.08 Å². The molecule has 2 aromatic rings. The largest absolute Gasteiger partial charge is 0.416 e. The summed E-state index contributed by atoms with van der Waals surface area (Å²) in [5, 5.41) is 3.39. The Balaban J connectivity index is 1.97. The quantitative estimate of drug-likeness (QED) is 0.719. The van der Waals surface area contributed by atoms with Crippen molar-refractivity contribution in [3.63, 3.8) is 0 Å². The maximum absolute atomic E-state index is 12.6. The number of hydrogen-bond donors (Lipinski definition) is 1. The van der Waals surface area contributed by atoms with E-state index < -0.39 is 17.6 Å². The average Bonchev–Trinajstić information content (AvgIpc) is 2.51. The molecule has 2 aromatic carbocycles. The van der Waals surface area contributed by atoms with Crippen LogP contribution in [-0.2, 0) is 17.5 Å². The molecule has 0 aliphatic heterocycles. The first kappa shape index (κ1) is 18.4. The molecule has 0 bridgehead atoms. The van der Waals surface area contributed by atoms with Crippen molar-refractivity contribution in [2.24, 2.45) is 0 Å². The maximum atomic E-state index is 12.6. The van der Waals surface area contributed by atoms with Gasteiger partial charge in [-0.1, -0.05) is 41.4 Å². The number of amides is 1. The Hall–Kier alpha value is -1.98. The molecule has 0 aromatic heterocycles. The number of alkyl halides is 3. The first-order chi connectivity index (χ1) is 11.3. The molecule has 0 saturated heterocycles. The summed E-state index contributed by atoms with van der Waals surface area (Å²) in [5.41, 5.74) is 0.212. The molecule has 2 rings (SSSR count). The molecule has 126 valence electrons. The molecule has 0 radical (unpaired) electrons. The first-order valence-corrected chi connectivity index (χ1v) is 7.58. The monoisotopic (exact) mass is 373 g/mol. The molecule has 7 heteroatoms. The summed E-state index contributed by atoms with van der Waals surface area (Å²) in [6.07, 6.45) is -1.66. The number of benzene rings is 2. The Morgan fingerprint density at radius 1 is 1.12 bits per heavy atom.